The second-order valence-electron chi connectivity index (χ2n) is 8.93. The Morgan fingerprint density at radius 2 is 2.09 bits per heavy atom. The Labute approximate surface area is 203 Å². The van der Waals surface area contributed by atoms with Crippen LogP contribution in [0.1, 0.15) is 43.0 Å². The molecule has 2 heterocycles. The van der Waals surface area contributed by atoms with E-state index in [1.54, 1.807) is 17.0 Å². The van der Waals surface area contributed by atoms with Crippen molar-refractivity contribution < 1.29 is 18.8 Å². The lowest BCUT2D eigenvalue weighted by Crippen LogP contribution is -2.46. The van der Waals surface area contributed by atoms with Gasteiger partial charge in [0.05, 0.1) is 30.9 Å². The van der Waals surface area contributed by atoms with Crippen LogP contribution < -0.4 is 10.1 Å². The molecule has 1 atom stereocenters. The van der Waals surface area contributed by atoms with Gasteiger partial charge in [-0.25, -0.2) is 4.79 Å². The number of nitrogens with zero attached hydrogens (tertiary/aromatic N) is 4. The summed E-state index contributed by atoms with van der Waals surface area (Å²) >= 11 is 0. The van der Waals surface area contributed by atoms with E-state index in [0.29, 0.717) is 54.9 Å². The van der Waals surface area contributed by atoms with Gasteiger partial charge in [0.15, 0.2) is 0 Å². The third kappa shape index (κ3) is 4.70. The number of hydrogen-bond donors (Lipinski definition) is 1. The van der Waals surface area contributed by atoms with Crippen molar-refractivity contribution in [1.82, 2.24) is 20.4 Å². The molecule has 1 saturated heterocycles. The van der Waals surface area contributed by atoms with E-state index in [9.17, 15) is 10.1 Å². The van der Waals surface area contributed by atoms with Crippen molar-refractivity contribution in [2.75, 3.05) is 26.3 Å². The van der Waals surface area contributed by atoms with Crippen molar-refractivity contribution in [2.45, 2.75) is 38.8 Å². The Hall–Kier alpha value is -3.90. The number of fused-ring (bicyclic) bond motifs is 1. The molecule has 35 heavy (non-hydrogen) atoms. The molecule has 1 N–H and O–H groups in total. The number of urea groups is 1. The monoisotopic (exact) mass is 473 g/mol. The molecule has 1 aliphatic carbocycles. The van der Waals surface area contributed by atoms with Gasteiger partial charge in [-0.2, -0.15) is 10.2 Å². The highest BCUT2D eigenvalue weighted by molar-refractivity contribution is 5.76. The number of nitriles is 1. The molecule has 9 heteroatoms. The molecule has 3 aromatic rings. The van der Waals surface area contributed by atoms with Gasteiger partial charge in [-0.05, 0) is 56.0 Å². The first-order valence-corrected chi connectivity index (χ1v) is 11.8. The zero-order chi connectivity index (χ0) is 24.4. The van der Waals surface area contributed by atoms with Crippen LogP contribution in [0.15, 0.2) is 40.9 Å². The average Bonchev–Trinajstić information content (AvgIpc) is 3.52. The highest BCUT2D eigenvalue weighted by Crippen LogP contribution is 2.37. The van der Waals surface area contributed by atoms with Crippen LogP contribution in [0.2, 0.25) is 0 Å². The van der Waals surface area contributed by atoms with Crippen molar-refractivity contribution in [3.63, 3.8) is 0 Å². The maximum atomic E-state index is 12.7. The van der Waals surface area contributed by atoms with Gasteiger partial charge in [-0.3, -0.25) is 0 Å². The first-order valence-electron chi connectivity index (χ1n) is 11.8. The van der Waals surface area contributed by atoms with E-state index in [4.69, 9.17) is 14.0 Å². The summed E-state index contributed by atoms with van der Waals surface area (Å²) in [6.45, 7) is 6.18. The predicted molar refractivity (Wildman–Crippen MR) is 128 cm³/mol. The standard InChI is InChI=1S/C26H27N5O4/c1-16(2)34-23-9-6-17(14-18(23)15-27)25-29-24(30-35-25)21-5-3-4-20-19(21)7-8-22(20)28-26(32)31-10-12-33-13-11-31/h3-6,9,14,16,22H,7-8,10-13H2,1-2H3,(H,28,32)/t22-/m1/s1. The predicted octanol–water partition coefficient (Wildman–Crippen LogP) is 4.09. The second kappa shape index (κ2) is 9.76. The van der Waals surface area contributed by atoms with Gasteiger partial charge in [-0.15, -0.1) is 0 Å². The van der Waals surface area contributed by atoms with E-state index in [2.05, 4.69) is 21.5 Å². The van der Waals surface area contributed by atoms with E-state index in [-0.39, 0.29) is 18.2 Å². The number of nitrogens with one attached hydrogen (secondary N) is 1. The number of benzene rings is 2. The lowest BCUT2D eigenvalue weighted by Gasteiger charge is -2.28. The van der Waals surface area contributed by atoms with Crippen molar-refractivity contribution >= 4 is 6.03 Å². The maximum absolute atomic E-state index is 12.7. The molecular formula is C26H27N5O4. The Morgan fingerprint density at radius 1 is 1.26 bits per heavy atom. The largest absolute Gasteiger partial charge is 0.490 e. The molecule has 5 rings (SSSR count). The van der Waals surface area contributed by atoms with Gasteiger partial charge in [0.1, 0.15) is 11.8 Å². The van der Waals surface area contributed by atoms with Crippen LogP contribution in [-0.2, 0) is 11.2 Å². The molecule has 9 nitrogen and oxygen atoms in total. The van der Waals surface area contributed by atoms with Crippen LogP contribution in [0.25, 0.3) is 22.8 Å². The molecule has 0 saturated carbocycles. The normalized spacial score (nSPS) is 17.2. The molecule has 0 bridgehead atoms. The third-order valence-corrected chi connectivity index (χ3v) is 6.24. The minimum Gasteiger partial charge on any atom is -0.490 e. The Kier molecular flexibility index (Phi) is 6.38. The van der Waals surface area contributed by atoms with Gasteiger partial charge in [0, 0.05) is 24.2 Å². The summed E-state index contributed by atoms with van der Waals surface area (Å²) < 4.78 is 16.6. The molecule has 0 radical (unpaired) electrons. The summed E-state index contributed by atoms with van der Waals surface area (Å²) in [6, 6.07) is 13.3. The number of carbonyl (C=O) groups is 1. The summed E-state index contributed by atoms with van der Waals surface area (Å²) in [7, 11) is 0. The fourth-order valence-electron chi connectivity index (χ4n) is 4.58. The molecule has 1 aliphatic heterocycles. The van der Waals surface area contributed by atoms with Gasteiger partial charge in [-0.1, -0.05) is 23.4 Å². The molecule has 0 spiro atoms. The van der Waals surface area contributed by atoms with E-state index < -0.39 is 0 Å². The third-order valence-electron chi connectivity index (χ3n) is 6.24. The highest BCUT2D eigenvalue weighted by atomic mass is 16.5. The SMILES string of the molecule is CC(C)Oc1ccc(-c2nc(-c3cccc4c3CC[C@H]4NC(=O)N3CCOCC3)no2)cc1C#N. The quantitative estimate of drug-likeness (QED) is 0.594. The first-order chi connectivity index (χ1) is 17.0. The summed E-state index contributed by atoms with van der Waals surface area (Å²) in [6.07, 6.45) is 1.59. The molecular weight excluding hydrogens is 446 g/mol. The van der Waals surface area contributed by atoms with E-state index in [1.165, 1.54) is 0 Å². The molecule has 2 aromatic carbocycles. The minimum absolute atomic E-state index is 0.0365. The van der Waals surface area contributed by atoms with Crippen molar-refractivity contribution in [3.8, 4) is 34.7 Å². The highest BCUT2D eigenvalue weighted by Gasteiger charge is 2.29. The van der Waals surface area contributed by atoms with E-state index >= 15 is 0 Å². The van der Waals surface area contributed by atoms with Crippen LogP contribution >= 0.6 is 0 Å². The Balaban J connectivity index is 1.37. The van der Waals surface area contributed by atoms with Crippen LogP contribution in [-0.4, -0.2) is 53.5 Å². The zero-order valence-electron chi connectivity index (χ0n) is 19.8. The van der Waals surface area contributed by atoms with Gasteiger partial charge in [0.25, 0.3) is 5.89 Å². The van der Waals surface area contributed by atoms with E-state index in [0.717, 1.165) is 29.5 Å². The van der Waals surface area contributed by atoms with Gasteiger partial charge >= 0.3 is 6.03 Å². The van der Waals surface area contributed by atoms with Crippen molar-refractivity contribution in [1.29, 1.82) is 5.26 Å². The average molecular weight is 474 g/mol. The number of ether oxygens (including phenoxy) is 2. The number of hydrogen-bond acceptors (Lipinski definition) is 7. The van der Waals surface area contributed by atoms with Crippen LogP contribution in [0.3, 0.4) is 0 Å². The number of rotatable bonds is 5. The molecule has 2 amide bonds. The topological polar surface area (TPSA) is 114 Å². The molecule has 0 unspecified atom stereocenters. The summed E-state index contributed by atoms with van der Waals surface area (Å²) in [5.41, 5.74) is 4.15. The number of aromatic nitrogens is 2. The van der Waals surface area contributed by atoms with Gasteiger partial charge in [0.2, 0.25) is 5.82 Å². The molecule has 1 aromatic heterocycles. The maximum Gasteiger partial charge on any atom is 0.318 e. The Morgan fingerprint density at radius 3 is 2.86 bits per heavy atom. The smallest absolute Gasteiger partial charge is 0.318 e. The van der Waals surface area contributed by atoms with Crippen LogP contribution in [0.5, 0.6) is 5.75 Å². The van der Waals surface area contributed by atoms with E-state index in [1.807, 2.05) is 38.1 Å². The first kappa shape index (κ1) is 22.9. The number of amides is 2. The zero-order valence-corrected chi connectivity index (χ0v) is 19.8. The Bertz CT molecular complexity index is 1270. The summed E-state index contributed by atoms with van der Waals surface area (Å²) in [5, 5.41) is 16.9. The lowest BCUT2D eigenvalue weighted by molar-refractivity contribution is 0.0525. The second-order valence-corrected chi connectivity index (χ2v) is 8.93. The van der Waals surface area contributed by atoms with Crippen molar-refractivity contribution in [3.05, 3.63) is 53.1 Å². The molecule has 1 fully saturated rings. The summed E-state index contributed by atoms with van der Waals surface area (Å²) in [4.78, 5) is 19.1. The summed E-state index contributed by atoms with van der Waals surface area (Å²) in [5.74, 6) is 1.34. The lowest BCUT2D eigenvalue weighted by atomic mass is 10.0. The number of morpholine rings is 1. The van der Waals surface area contributed by atoms with Crippen LogP contribution in [0.4, 0.5) is 4.79 Å². The molecule has 180 valence electrons. The van der Waals surface area contributed by atoms with Gasteiger partial charge < -0.3 is 24.2 Å². The minimum atomic E-state index is -0.0587. The number of carbonyl (C=O) groups excluding carboxylic acids is 1. The fraction of sp³-hybridized carbons (Fsp3) is 0.385. The van der Waals surface area contributed by atoms with Crippen LogP contribution in [0, 0.1) is 11.3 Å². The fourth-order valence-corrected chi connectivity index (χ4v) is 4.58. The molecule has 2 aliphatic rings. The van der Waals surface area contributed by atoms with Crippen molar-refractivity contribution in [2.24, 2.45) is 0 Å².